The standard InChI is InChI=1S/C8H14N2O/c1-3-11-7-4-8-9-5-6-10(8)2/h5-6H,3-4,7H2,1-2H3/p+1. The van der Waals surface area contributed by atoms with Crippen molar-refractivity contribution in [2.75, 3.05) is 13.2 Å². The molecule has 0 aliphatic carbocycles. The van der Waals surface area contributed by atoms with Crippen LogP contribution in [-0.2, 0) is 18.2 Å². The molecular formula is C8H15N2O+. The lowest BCUT2D eigenvalue weighted by molar-refractivity contribution is -0.677. The molecule has 1 aromatic heterocycles. The van der Waals surface area contributed by atoms with Gasteiger partial charge in [0.1, 0.15) is 12.4 Å². The fraction of sp³-hybridized carbons (Fsp3) is 0.625. The molecule has 0 atom stereocenters. The zero-order valence-corrected chi connectivity index (χ0v) is 7.13. The Kier molecular flexibility index (Phi) is 3.11. The summed E-state index contributed by atoms with van der Waals surface area (Å²) in [6.45, 7) is 3.60. The molecule has 0 aliphatic rings. The third-order valence-electron chi connectivity index (χ3n) is 1.66. The number of aromatic amines is 1. The Morgan fingerprint density at radius 3 is 3.00 bits per heavy atom. The first-order valence-electron chi connectivity index (χ1n) is 3.94. The van der Waals surface area contributed by atoms with Crippen molar-refractivity contribution < 1.29 is 9.30 Å². The second-order valence-electron chi connectivity index (χ2n) is 2.46. The maximum atomic E-state index is 5.23. The normalized spacial score (nSPS) is 10.4. The number of nitrogens with one attached hydrogen (secondary N) is 1. The Labute approximate surface area is 67.0 Å². The van der Waals surface area contributed by atoms with Crippen molar-refractivity contribution in [2.45, 2.75) is 13.3 Å². The Hall–Kier alpha value is -0.830. The molecule has 1 heterocycles. The highest BCUT2D eigenvalue weighted by molar-refractivity contribution is 4.76. The lowest BCUT2D eigenvalue weighted by Crippen LogP contribution is -2.31. The highest BCUT2D eigenvalue weighted by Crippen LogP contribution is 1.87. The fourth-order valence-corrected chi connectivity index (χ4v) is 0.999. The molecule has 0 saturated carbocycles. The minimum absolute atomic E-state index is 0.796. The van der Waals surface area contributed by atoms with Crippen LogP contribution in [0.3, 0.4) is 0 Å². The first-order valence-corrected chi connectivity index (χ1v) is 3.94. The number of H-pyrrole nitrogens is 1. The molecule has 1 aromatic rings. The first-order chi connectivity index (χ1) is 5.34. The molecule has 0 bridgehead atoms. The van der Waals surface area contributed by atoms with Gasteiger partial charge < -0.3 is 4.74 Å². The summed E-state index contributed by atoms with van der Waals surface area (Å²) in [5, 5.41) is 0. The molecule has 3 nitrogen and oxygen atoms in total. The number of hydrogen-bond acceptors (Lipinski definition) is 1. The second kappa shape index (κ2) is 4.13. The van der Waals surface area contributed by atoms with Crippen LogP contribution in [0.1, 0.15) is 12.7 Å². The number of hydrogen-bond donors (Lipinski definition) is 1. The quantitative estimate of drug-likeness (QED) is 0.495. The summed E-state index contributed by atoms with van der Waals surface area (Å²) in [6.07, 6.45) is 4.89. The maximum Gasteiger partial charge on any atom is 0.256 e. The molecule has 0 amide bonds. The van der Waals surface area contributed by atoms with Crippen LogP contribution < -0.4 is 4.57 Å². The van der Waals surface area contributed by atoms with E-state index in [1.54, 1.807) is 0 Å². The molecule has 1 N–H and O–H groups in total. The van der Waals surface area contributed by atoms with E-state index in [9.17, 15) is 0 Å². The minimum atomic E-state index is 0.796. The zero-order chi connectivity index (χ0) is 8.10. The minimum Gasteiger partial charge on any atom is -0.381 e. The van der Waals surface area contributed by atoms with Gasteiger partial charge in [0.2, 0.25) is 0 Å². The number of aromatic nitrogens is 2. The summed E-state index contributed by atoms with van der Waals surface area (Å²) in [7, 11) is 2.03. The van der Waals surface area contributed by atoms with Gasteiger partial charge in [0.25, 0.3) is 5.82 Å². The van der Waals surface area contributed by atoms with E-state index >= 15 is 0 Å². The van der Waals surface area contributed by atoms with E-state index in [1.807, 2.05) is 26.4 Å². The molecule has 0 fully saturated rings. The molecule has 1 rings (SSSR count). The monoisotopic (exact) mass is 155 g/mol. The predicted octanol–water partition coefficient (Wildman–Crippen LogP) is 0.418. The number of ether oxygens (including phenoxy) is 1. The molecular weight excluding hydrogens is 140 g/mol. The van der Waals surface area contributed by atoms with Crippen LogP contribution in [0.25, 0.3) is 0 Å². The molecule has 0 spiro atoms. The lowest BCUT2D eigenvalue weighted by atomic mass is 10.4. The average Bonchev–Trinajstić information content (AvgIpc) is 2.37. The van der Waals surface area contributed by atoms with Crippen LogP contribution in [0.2, 0.25) is 0 Å². The Morgan fingerprint density at radius 1 is 1.64 bits per heavy atom. The fourth-order valence-electron chi connectivity index (χ4n) is 0.999. The van der Waals surface area contributed by atoms with Gasteiger partial charge in [-0.15, -0.1) is 0 Å². The van der Waals surface area contributed by atoms with Gasteiger partial charge in [0.15, 0.2) is 0 Å². The molecule has 0 aliphatic heterocycles. The van der Waals surface area contributed by atoms with Crippen molar-refractivity contribution in [1.29, 1.82) is 0 Å². The summed E-state index contributed by atoms with van der Waals surface area (Å²) in [5.74, 6) is 1.21. The van der Waals surface area contributed by atoms with Gasteiger partial charge in [0.05, 0.1) is 20.1 Å². The predicted molar refractivity (Wildman–Crippen MR) is 42.2 cm³/mol. The number of aryl methyl sites for hydroxylation is 1. The van der Waals surface area contributed by atoms with E-state index in [-0.39, 0.29) is 0 Å². The van der Waals surface area contributed by atoms with Crippen molar-refractivity contribution in [3.8, 4) is 0 Å². The molecule has 3 heteroatoms. The van der Waals surface area contributed by atoms with Crippen LogP contribution in [0, 0.1) is 0 Å². The largest absolute Gasteiger partial charge is 0.381 e. The Balaban J connectivity index is 2.32. The van der Waals surface area contributed by atoms with Crippen LogP contribution in [-0.4, -0.2) is 18.2 Å². The average molecular weight is 155 g/mol. The van der Waals surface area contributed by atoms with Gasteiger partial charge in [-0.25, -0.2) is 9.55 Å². The second-order valence-corrected chi connectivity index (χ2v) is 2.46. The molecule has 11 heavy (non-hydrogen) atoms. The van der Waals surface area contributed by atoms with Crippen molar-refractivity contribution in [1.82, 2.24) is 4.98 Å². The van der Waals surface area contributed by atoms with E-state index in [2.05, 4.69) is 9.55 Å². The molecule has 0 saturated heterocycles. The molecule has 0 radical (unpaired) electrons. The maximum absolute atomic E-state index is 5.23. The van der Waals surface area contributed by atoms with Gasteiger partial charge in [-0.3, -0.25) is 0 Å². The van der Waals surface area contributed by atoms with E-state index in [0.717, 1.165) is 19.6 Å². The summed E-state index contributed by atoms with van der Waals surface area (Å²) in [4.78, 5) is 3.15. The Morgan fingerprint density at radius 2 is 2.45 bits per heavy atom. The van der Waals surface area contributed by atoms with Gasteiger partial charge in [0, 0.05) is 6.61 Å². The van der Waals surface area contributed by atoms with Crippen molar-refractivity contribution in [3.05, 3.63) is 18.2 Å². The first kappa shape index (κ1) is 8.27. The third kappa shape index (κ3) is 2.35. The van der Waals surface area contributed by atoms with Crippen molar-refractivity contribution in [2.24, 2.45) is 7.05 Å². The van der Waals surface area contributed by atoms with Crippen molar-refractivity contribution >= 4 is 0 Å². The number of imidazole rings is 1. The van der Waals surface area contributed by atoms with Crippen LogP contribution >= 0.6 is 0 Å². The highest BCUT2D eigenvalue weighted by atomic mass is 16.5. The van der Waals surface area contributed by atoms with Gasteiger partial charge in [-0.05, 0) is 6.92 Å². The summed E-state index contributed by atoms with van der Waals surface area (Å²) >= 11 is 0. The van der Waals surface area contributed by atoms with E-state index in [4.69, 9.17) is 4.74 Å². The van der Waals surface area contributed by atoms with E-state index < -0.39 is 0 Å². The summed E-state index contributed by atoms with van der Waals surface area (Å²) < 4.78 is 7.30. The highest BCUT2D eigenvalue weighted by Gasteiger charge is 2.04. The molecule has 62 valence electrons. The van der Waals surface area contributed by atoms with E-state index in [1.165, 1.54) is 5.82 Å². The third-order valence-corrected chi connectivity index (χ3v) is 1.66. The summed E-state index contributed by atoms with van der Waals surface area (Å²) in [5.41, 5.74) is 0. The van der Waals surface area contributed by atoms with E-state index in [0.29, 0.717) is 0 Å². The van der Waals surface area contributed by atoms with Gasteiger partial charge >= 0.3 is 0 Å². The number of nitrogens with zero attached hydrogens (tertiary/aromatic N) is 1. The molecule has 0 aromatic carbocycles. The number of rotatable bonds is 4. The van der Waals surface area contributed by atoms with Crippen LogP contribution in [0.4, 0.5) is 0 Å². The Bertz CT molecular complexity index is 208. The zero-order valence-electron chi connectivity index (χ0n) is 7.13. The lowest BCUT2D eigenvalue weighted by Gasteiger charge is -1.96. The van der Waals surface area contributed by atoms with Gasteiger partial charge in [-0.1, -0.05) is 0 Å². The topological polar surface area (TPSA) is 28.9 Å². The smallest absolute Gasteiger partial charge is 0.256 e. The molecule has 0 unspecified atom stereocenters. The van der Waals surface area contributed by atoms with Crippen molar-refractivity contribution in [3.63, 3.8) is 0 Å². The SMILES string of the molecule is CCOCCc1[nH]cc[n+]1C. The van der Waals surface area contributed by atoms with Crippen LogP contribution in [0.5, 0.6) is 0 Å². The van der Waals surface area contributed by atoms with Crippen LogP contribution in [0.15, 0.2) is 12.4 Å². The summed E-state index contributed by atoms with van der Waals surface area (Å²) in [6, 6.07) is 0. The van der Waals surface area contributed by atoms with Gasteiger partial charge in [-0.2, -0.15) is 0 Å².